The lowest BCUT2D eigenvalue weighted by atomic mass is 10.2. The molecule has 1 aromatic rings. The molecule has 102 valence electrons. The third-order valence-electron chi connectivity index (χ3n) is 2.79. The summed E-state index contributed by atoms with van der Waals surface area (Å²) in [6, 6.07) is 5.94. The van der Waals surface area contributed by atoms with Crippen LogP contribution in [0.25, 0.3) is 0 Å². The van der Waals surface area contributed by atoms with Crippen molar-refractivity contribution in [1.82, 2.24) is 5.32 Å². The van der Waals surface area contributed by atoms with E-state index in [1.54, 1.807) is 0 Å². The maximum absolute atomic E-state index is 6.20. The van der Waals surface area contributed by atoms with Gasteiger partial charge in [-0.25, -0.2) is 0 Å². The maximum atomic E-state index is 6.20. The topological polar surface area (TPSA) is 21.3 Å². The van der Waals surface area contributed by atoms with Gasteiger partial charge in [-0.15, -0.1) is 0 Å². The molecule has 0 radical (unpaired) electrons. The second-order valence-corrected chi connectivity index (χ2v) is 4.87. The molecule has 0 aliphatic rings. The number of ether oxygens (including phenoxy) is 1. The summed E-state index contributed by atoms with van der Waals surface area (Å²) in [5, 5.41) is 4.09. The predicted molar refractivity (Wildman–Crippen MR) is 78.5 cm³/mol. The highest BCUT2D eigenvalue weighted by Gasteiger charge is 2.07. The van der Waals surface area contributed by atoms with E-state index >= 15 is 0 Å². The predicted octanol–water partition coefficient (Wildman–Crippen LogP) is 4.41. The quantitative estimate of drug-likeness (QED) is 0.671. The molecule has 0 unspecified atom stereocenters. The number of halogens is 1. The summed E-state index contributed by atoms with van der Waals surface area (Å²) >= 11 is 6.20. The highest BCUT2D eigenvalue weighted by Crippen LogP contribution is 2.28. The van der Waals surface area contributed by atoms with Crippen LogP contribution in [0.4, 0.5) is 0 Å². The van der Waals surface area contributed by atoms with Gasteiger partial charge in [0.05, 0.1) is 11.6 Å². The van der Waals surface area contributed by atoms with Crippen LogP contribution in [0, 0.1) is 0 Å². The van der Waals surface area contributed by atoms with Gasteiger partial charge in [0.2, 0.25) is 0 Å². The van der Waals surface area contributed by atoms with Crippen LogP contribution in [-0.4, -0.2) is 13.2 Å². The number of unbranched alkanes of at least 4 members (excludes halogenated alkanes) is 2. The van der Waals surface area contributed by atoms with Crippen LogP contribution in [0.15, 0.2) is 18.2 Å². The first-order chi connectivity index (χ1) is 8.79. The third kappa shape index (κ3) is 5.28. The molecule has 0 heterocycles. The average molecular weight is 270 g/mol. The Morgan fingerprint density at radius 3 is 2.72 bits per heavy atom. The molecule has 0 spiro atoms. The largest absolute Gasteiger partial charge is 0.492 e. The lowest BCUT2D eigenvalue weighted by molar-refractivity contribution is 0.302. The summed E-state index contributed by atoms with van der Waals surface area (Å²) in [7, 11) is 0. The molecular formula is C15H24ClNO. The van der Waals surface area contributed by atoms with E-state index in [-0.39, 0.29) is 0 Å². The molecule has 0 aliphatic heterocycles. The summed E-state index contributed by atoms with van der Waals surface area (Å²) in [6.45, 7) is 6.93. The molecule has 0 atom stereocenters. The van der Waals surface area contributed by atoms with Crippen molar-refractivity contribution in [3.63, 3.8) is 0 Å². The fraction of sp³-hybridized carbons (Fsp3) is 0.600. The Bertz CT molecular complexity index is 341. The van der Waals surface area contributed by atoms with Crippen LogP contribution in [0.1, 0.15) is 45.1 Å². The molecule has 0 bridgehead atoms. The van der Waals surface area contributed by atoms with Gasteiger partial charge in [-0.05, 0) is 25.5 Å². The standard InChI is InChI=1S/C15H24ClNO/c1-3-5-6-11-18-15-13(12-17-10-4-2)8-7-9-14(15)16/h7-9,17H,3-6,10-12H2,1-2H3. The van der Waals surface area contributed by atoms with Crippen molar-refractivity contribution in [2.75, 3.05) is 13.2 Å². The molecular weight excluding hydrogens is 246 g/mol. The minimum absolute atomic E-state index is 0.710. The average Bonchev–Trinajstić information content (AvgIpc) is 2.37. The summed E-state index contributed by atoms with van der Waals surface area (Å²) in [5.41, 5.74) is 1.15. The van der Waals surface area contributed by atoms with E-state index in [1.807, 2.05) is 12.1 Å². The Balaban J connectivity index is 2.56. The van der Waals surface area contributed by atoms with Crippen LogP contribution in [0.2, 0.25) is 5.02 Å². The Hall–Kier alpha value is -0.730. The van der Waals surface area contributed by atoms with Crippen molar-refractivity contribution in [2.24, 2.45) is 0 Å². The number of benzene rings is 1. The number of rotatable bonds is 9. The van der Waals surface area contributed by atoms with E-state index in [9.17, 15) is 0 Å². The first-order valence-corrected chi connectivity index (χ1v) is 7.28. The second-order valence-electron chi connectivity index (χ2n) is 4.46. The molecule has 0 saturated carbocycles. The molecule has 18 heavy (non-hydrogen) atoms. The Labute approximate surface area is 116 Å². The van der Waals surface area contributed by atoms with E-state index in [2.05, 4.69) is 25.2 Å². The van der Waals surface area contributed by atoms with Gasteiger partial charge in [-0.1, -0.05) is 50.4 Å². The molecule has 1 N–H and O–H groups in total. The highest BCUT2D eigenvalue weighted by molar-refractivity contribution is 6.32. The molecule has 1 aromatic carbocycles. The van der Waals surface area contributed by atoms with Crippen molar-refractivity contribution in [3.05, 3.63) is 28.8 Å². The number of hydrogen-bond donors (Lipinski definition) is 1. The van der Waals surface area contributed by atoms with Crippen LogP contribution in [-0.2, 0) is 6.54 Å². The summed E-state index contributed by atoms with van der Waals surface area (Å²) < 4.78 is 5.83. The SMILES string of the molecule is CCCCCOc1c(Cl)cccc1CNCCC. The van der Waals surface area contributed by atoms with Crippen LogP contribution >= 0.6 is 11.6 Å². The smallest absolute Gasteiger partial charge is 0.142 e. The lowest BCUT2D eigenvalue weighted by Gasteiger charge is -2.13. The van der Waals surface area contributed by atoms with E-state index < -0.39 is 0 Å². The Morgan fingerprint density at radius 2 is 2.00 bits per heavy atom. The molecule has 0 saturated heterocycles. The van der Waals surface area contributed by atoms with Crippen molar-refractivity contribution in [2.45, 2.75) is 46.1 Å². The summed E-state index contributed by atoms with van der Waals surface area (Å²) in [4.78, 5) is 0. The monoisotopic (exact) mass is 269 g/mol. The van der Waals surface area contributed by atoms with Gasteiger partial charge in [0, 0.05) is 12.1 Å². The van der Waals surface area contributed by atoms with Gasteiger partial charge in [0.25, 0.3) is 0 Å². The zero-order chi connectivity index (χ0) is 13.2. The number of nitrogens with one attached hydrogen (secondary N) is 1. The summed E-state index contributed by atoms with van der Waals surface area (Å²) in [5.74, 6) is 0.846. The number of hydrogen-bond acceptors (Lipinski definition) is 2. The zero-order valence-corrected chi connectivity index (χ0v) is 12.2. The van der Waals surface area contributed by atoms with Crippen LogP contribution < -0.4 is 10.1 Å². The zero-order valence-electron chi connectivity index (χ0n) is 11.5. The third-order valence-corrected chi connectivity index (χ3v) is 3.08. The van der Waals surface area contributed by atoms with Crippen LogP contribution in [0.3, 0.4) is 0 Å². The van der Waals surface area contributed by atoms with Crippen molar-refractivity contribution in [3.8, 4) is 5.75 Å². The number of para-hydroxylation sites is 1. The van der Waals surface area contributed by atoms with Gasteiger partial charge < -0.3 is 10.1 Å². The van der Waals surface area contributed by atoms with Crippen LogP contribution in [0.5, 0.6) is 5.75 Å². The fourth-order valence-corrected chi connectivity index (χ4v) is 2.03. The van der Waals surface area contributed by atoms with E-state index in [4.69, 9.17) is 16.3 Å². The van der Waals surface area contributed by atoms with Gasteiger partial charge >= 0.3 is 0 Å². The Morgan fingerprint density at radius 1 is 1.17 bits per heavy atom. The van der Waals surface area contributed by atoms with Gasteiger partial charge in [-0.3, -0.25) is 0 Å². The first kappa shape index (κ1) is 15.3. The van der Waals surface area contributed by atoms with E-state index in [0.29, 0.717) is 5.02 Å². The molecule has 2 nitrogen and oxygen atoms in total. The fourth-order valence-electron chi connectivity index (χ4n) is 1.78. The van der Waals surface area contributed by atoms with Crippen molar-refractivity contribution in [1.29, 1.82) is 0 Å². The Kier molecular flexibility index (Phi) is 7.86. The molecule has 0 aromatic heterocycles. The van der Waals surface area contributed by atoms with Gasteiger partial charge in [0.15, 0.2) is 0 Å². The minimum atomic E-state index is 0.710. The van der Waals surface area contributed by atoms with Crippen molar-refractivity contribution >= 4 is 11.6 Å². The minimum Gasteiger partial charge on any atom is -0.492 e. The molecule has 0 aliphatic carbocycles. The summed E-state index contributed by atoms with van der Waals surface area (Å²) in [6.07, 6.45) is 4.63. The van der Waals surface area contributed by atoms with E-state index in [0.717, 1.165) is 43.9 Å². The van der Waals surface area contributed by atoms with Crippen molar-refractivity contribution < 1.29 is 4.74 Å². The normalized spacial score (nSPS) is 10.6. The first-order valence-electron chi connectivity index (χ1n) is 6.90. The molecule has 1 rings (SSSR count). The molecule has 3 heteroatoms. The highest BCUT2D eigenvalue weighted by atomic mass is 35.5. The molecule has 0 fully saturated rings. The van der Waals surface area contributed by atoms with Gasteiger partial charge in [-0.2, -0.15) is 0 Å². The van der Waals surface area contributed by atoms with E-state index in [1.165, 1.54) is 12.8 Å². The molecule has 0 amide bonds. The lowest BCUT2D eigenvalue weighted by Crippen LogP contribution is -2.15. The van der Waals surface area contributed by atoms with Gasteiger partial charge in [0.1, 0.15) is 5.75 Å². The maximum Gasteiger partial charge on any atom is 0.142 e. The second kappa shape index (κ2) is 9.23.